The third-order valence-corrected chi connectivity index (χ3v) is 3.55. The standard InChI is InChI=1S/C17H12F5N5/c18-9-5-6-13(11(19)7-9)27-16-14(23)15(24-8-25-16)26-12-4-2-1-3-10(12)17(20,21)22/h1-8H,23H2,(H2,24,25,26,27). The molecule has 140 valence electrons. The molecule has 0 atom stereocenters. The third kappa shape index (κ3) is 4.05. The predicted molar refractivity (Wildman–Crippen MR) is 90.8 cm³/mol. The summed E-state index contributed by atoms with van der Waals surface area (Å²) in [5.74, 6) is -1.81. The molecular formula is C17H12F5N5. The monoisotopic (exact) mass is 381 g/mol. The minimum Gasteiger partial charge on any atom is -0.393 e. The van der Waals surface area contributed by atoms with Crippen LogP contribution in [0.15, 0.2) is 48.8 Å². The van der Waals surface area contributed by atoms with E-state index >= 15 is 0 Å². The fourth-order valence-corrected chi connectivity index (χ4v) is 2.28. The van der Waals surface area contributed by atoms with Crippen molar-refractivity contribution in [2.24, 2.45) is 0 Å². The average molecular weight is 381 g/mol. The summed E-state index contributed by atoms with van der Waals surface area (Å²) in [4.78, 5) is 7.67. The second-order valence-electron chi connectivity index (χ2n) is 5.40. The van der Waals surface area contributed by atoms with Gasteiger partial charge in [-0.1, -0.05) is 12.1 Å². The van der Waals surface area contributed by atoms with Crippen LogP contribution in [-0.2, 0) is 6.18 Å². The van der Waals surface area contributed by atoms with E-state index in [4.69, 9.17) is 5.73 Å². The van der Waals surface area contributed by atoms with Crippen molar-refractivity contribution in [3.63, 3.8) is 0 Å². The van der Waals surface area contributed by atoms with Crippen molar-refractivity contribution >= 4 is 28.7 Å². The molecule has 1 aromatic heterocycles. The molecule has 0 aliphatic carbocycles. The number of aromatic nitrogens is 2. The molecule has 0 fully saturated rings. The molecule has 3 aromatic rings. The van der Waals surface area contributed by atoms with Crippen molar-refractivity contribution in [3.05, 3.63) is 66.0 Å². The van der Waals surface area contributed by atoms with Crippen molar-refractivity contribution in [1.82, 2.24) is 9.97 Å². The Hall–Kier alpha value is -3.43. The van der Waals surface area contributed by atoms with Gasteiger partial charge in [-0.2, -0.15) is 13.2 Å². The maximum Gasteiger partial charge on any atom is 0.418 e. The highest BCUT2D eigenvalue weighted by Gasteiger charge is 2.33. The van der Waals surface area contributed by atoms with Crippen LogP contribution < -0.4 is 16.4 Å². The first-order valence-electron chi connectivity index (χ1n) is 7.51. The summed E-state index contributed by atoms with van der Waals surface area (Å²) in [7, 11) is 0. The number of nitrogens with two attached hydrogens (primary N) is 1. The fraction of sp³-hybridized carbons (Fsp3) is 0.0588. The Bertz CT molecular complexity index is 974. The van der Waals surface area contributed by atoms with E-state index in [1.165, 1.54) is 18.2 Å². The van der Waals surface area contributed by atoms with Gasteiger partial charge in [-0.05, 0) is 24.3 Å². The lowest BCUT2D eigenvalue weighted by Gasteiger charge is -2.16. The molecular weight excluding hydrogens is 369 g/mol. The van der Waals surface area contributed by atoms with E-state index in [0.717, 1.165) is 24.5 Å². The molecule has 0 saturated heterocycles. The second kappa shape index (κ2) is 7.06. The van der Waals surface area contributed by atoms with E-state index < -0.39 is 23.4 Å². The number of anilines is 5. The van der Waals surface area contributed by atoms with Crippen LogP contribution in [0.3, 0.4) is 0 Å². The summed E-state index contributed by atoms with van der Waals surface area (Å²) in [6, 6.07) is 7.63. The molecule has 5 nitrogen and oxygen atoms in total. The van der Waals surface area contributed by atoms with Crippen LogP contribution in [0.4, 0.5) is 50.6 Å². The Morgan fingerprint density at radius 2 is 1.48 bits per heavy atom. The van der Waals surface area contributed by atoms with Gasteiger partial charge < -0.3 is 16.4 Å². The van der Waals surface area contributed by atoms with Crippen LogP contribution in [-0.4, -0.2) is 9.97 Å². The SMILES string of the molecule is Nc1c(Nc2ccc(F)cc2F)ncnc1Nc1ccccc1C(F)(F)F. The van der Waals surface area contributed by atoms with Crippen LogP contribution in [0, 0.1) is 11.6 Å². The summed E-state index contributed by atoms with van der Waals surface area (Å²) < 4.78 is 66.1. The number of nitrogen functional groups attached to an aromatic ring is 1. The Morgan fingerprint density at radius 1 is 0.852 bits per heavy atom. The molecule has 3 rings (SSSR count). The first-order valence-corrected chi connectivity index (χ1v) is 7.51. The number of halogens is 5. The highest BCUT2D eigenvalue weighted by atomic mass is 19.4. The van der Waals surface area contributed by atoms with Crippen molar-refractivity contribution in [2.45, 2.75) is 6.18 Å². The van der Waals surface area contributed by atoms with Gasteiger partial charge >= 0.3 is 6.18 Å². The van der Waals surface area contributed by atoms with Crippen LogP contribution in [0.25, 0.3) is 0 Å². The summed E-state index contributed by atoms with van der Waals surface area (Å²) >= 11 is 0. The number of alkyl halides is 3. The Kier molecular flexibility index (Phi) is 4.80. The second-order valence-corrected chi connectivity index (χ2v) is 5.40. The maximum atomic E-state index is 13.8. The number of hydrogen-bond acceptors (Lipinski definition) is 5. The van der Waals surface area contributed by atoms with Gasteiger partial charge in [0.05, 0.1) is 16.9 Å². The van der Waals surface area contributed by atoms with Gasteiger partial charge in [0.15, 0.2) is 11.6 Å². The number of para-hydroxylation sites is 1. The van der Waals surface area contributed by atoms with Gasteiger partial charge in [0.1, 0.15) is 23.6 Å². The molecule has 2 aromatic carbocycles. The molecule has 0 amide bonds. The van der Waals surface area contributed by atoms with E-state index in [-0.39, 0.29) is 28.7 Å². The minimum atomic E-state index is -4.58. The number of benzene rings is 2. The van der Waals surface area contributed by atoms with Crippen LogP contribution in [0.2, 0.25) is 0 Å². The maximum absolute atomic E-state index is 13.8. The first kappa shape index (κ1) is 18.4. The number of nitrogens with zero attached hydrogens (tertiary/aromatic N) is 2. The smallest absolute Gasteiger partial charge is 0.393 e. The van der Waals surface area contributed by atoms with Crippen molar-refractivity contribution in [3.8, 4) is 0 Å². The zero-order chi connectivity index (χ0) is 19.6. The van der Waals surface area contributed by atoms with Gasteiger partial charge in [-0.15, -0.1) is 0 Å². The quantitative estimate of drug-likeness (QED) is 0.564. The van der Waals surface area contributed by atoms with Gasteiger partial charge in [0, 0.05) is 6.07 Å². The molecule has 0 unspecified atom stereocenters. The van der Waals surface area contributed by atoms with E-state index in [1.54, 1.807) is 0 Å². The van der Waals surface area contributed by atoms with Crippen molar-refractivity contribution < 1.29 is 22.0 Å². The Balaban J connectivity index is 1.92. The van der Waals surface area contributed by atoms with Crippen LogP contribution >= 0.6 is 0 Å². The van der Waals surface area contributed by atoms with Gasteiger partial charge in [0.25, 0.3) is 0 Å². The van der Waals surface area contributed by atoms with E-state index in [1.807, 2.05) is 0 Å². The predicted octanol–water partition coefficient (Wildman–Crippen LogP) is 4.84. The normalized spacial score (nSPS) is 11.3. The average Bonchev–Trinajstić information content (AvgIpc) is 2.60. The van der Waals surface area contributed by atoms with E-state index in [9.17, 15) is 22.0 Å². The Morgan fingerprint density at radius 3 is 2.11 bits per heavy atom. The Labute approximate surface area is 150 Å². The minimum absolute atomic E-state index is 0.0532. The lowest BCUT2D eigenvalue weighted by molar-refractivity contribution is -0.136. The molecule has 0 bridgehead atoms. The first-order chi connectivity index (χ1) is 12.8. The summed E-state index contributed by atoms with van der Waals surface area (Å²) in [5, 5.41) is 5.07. The van der Waals surface area contributed by atoms with Crippen molar-refractivity contribution in [1.29, 1.82) is 0 Å². The zero-order valence-electron chi connectivity index (χ0n) is 13.5. The van der Waals surface area contributed by atoms with Gasteiger partial charge in [-0.3, -0.25) is 0 Å². The summed E-state index contributed by atoms with van der Waals surface area (Å²) in [6.45, 7) is 0. The highest BCUT2D eigenvalue weighted by Crippen LogP contribution is 2.37. The molecule has 0 aliphatic heterocycles. The molecule has 0 saturated carbocycles. The fourth-order valence-electron chi connectivity index (χ4n) is 2.28. The largest absolute Gasteiger partial charge is 0.418 e. The summed E-state index contributed by atoms with van der Waals surface area (Å²) in [5.41, 5.74) is 4.49. The molecule has 4 N–H and O–H groups in total. The van der Waals surface area contributed by atoms with E-state index in [0.29, 0.717) is 6.07 Å². The number of nitrogens with one attached hydrogen (secondary N) is 2. The number of rotatable bonds is 4. The summed E-state index contributed by atoms with van der Waals surface area (Å²) in [6.07, 6.45) is -3.54. The lowest BCUT2D eigenvalue weighted by Crippen LogP contribution is -2.11. The molecule has 10 heteroatoms. The lowest BCUT2D eigenvalue weighted by atomic mass is 10.1. The van der Waals surface area contributed by atoms with E-state index in [2.05, 4.69) is 20.6 Å². The molecule has 0 radical (unpaired) electrons. The topological polar surface area (TPSA) is 75.9 Å². The molecule has 0 aliphatic rings. The molecule has 27 heavy (non-hydrogen) atoms. The number of hydrogen-bond donors (Lipinski definition) is 3. The zero-order valence-corrected chi connectivity index (χ0v) is 13.5. The molecule has 1 heterocycles. The van der Waals surface area contributed by atoms with Crippen LogP contribution in [0.5, 0.6) is 0 Å². The van der Waals surface area contributed by atoms with Crippen LogP contribution in [0.1, 0.15) is 5.56 Å². The van der Waals surface area contributed by atoms with Gasteiger partial charge in [0.2, 0.25) is 0 Å². The van der Waals surface area contributed by atoms with Gasteiger partial charge in [-0.25, -0.2) is 18.7 Å². The highest BCUT2D eigenvalue weighted by molar-refractivity contribution is 5.80. The molecule has 0 spiro atoms. The van der Waals surface area contributed by atoms with Crippen molar-refractivity contribution in [2.75, 3.05) is 16.4 Å². The third-order valence-electron chi connectivity index (χ3n) is 3.55.